The van der Waals surface area contributed by atoms with Crippen LogP contribution in [0, 0.1) is 0 Å². The number of carbonyl (C=O) groups excluding carboxylic acids is 3. The van der Waals surface area contributed by atoms with Crippen LogP contribution < -0.4 is 4.57 Å². The number of aryl methyl sites for hydroxylation is 1. The normalized spacial score (nSPS) is 14.9. The second kappa shape index (κ2) is 5.60. The molecule has 0 saturated carbocycles. The van der Waals surface area contributed by atoms with E-state index in [9.17, 15) is 14.4 Å². The lowest BCUT2D eigenvalue weighted by atomic mass is 10.3. The highest BCUT2D eigenvalue weighted by Crippen LogP contribution is 2.13. The van der Waals surface area contributed by atoms with Crippen LogP contribution in [0.2, 0.25) is 0 Å². The molecule has 0 spiro atoms. The van der Waals surface area contributed by atoms with Gasteiger partial charge in [-0.3, -0.25) is 9.59 Å². The number of nitrogens with zero attached hydrogens (tertiary/aromatic N) is 2. The fourth-order valence-corrected chi connectivity index (χ4v) is 1.83. The molecule has 2 heterocycles. The minimum absolute atomic E-state index is 0.0940. The number of hydrogen-bond donors (Lipinski definition) is 0. The summed E-state index contributed by atoms with van der Waals surface area (Å²) in [7, 11) is 0. The van der Waals surface area contributed by atoms with Gasteiger partial charge in [-0.1, -0.05) is 6.92 Å². The van der Waals surface area contributed by atoms with Crippen molar-refractivity contribution in [1.82, 2.24) is 5.06 Å². The molecule has 0 bridgehead atoms. The van der Waals surface area contributed by atoms with E-state index in [-0.39, 0.29) is 12.8 Å². The van der Waals surface area contributed by atoms with E-state index < -0.39 is 17.8 Å². The molecule has 2 rings (SSSR count). The van der Waals surface area contributed by atoms with Gasteiger partial charge in [0, 0.05) is 25.3 Å². The second-order valence-corrected chi connectivity index (χ2v) is 4.29. The van der Waals surface area contributed by atoms with E-state index in [4.69, 9.17) is 4.84 Å². The van der Waals surface area contributed by atoms with Crippen molar-refractivity contribution in [3.05, 3.63) is 30.1 Å². The van der Waals surface area contributed by atoms with Gasteiger partial charge in [0.1, 0.15) is 12.1 Å². The number of hydrogen-bond acceptors (Lipinski definition) is 4. The molecule has 2 amide bonds. The van der Waals surface area contributed by atoms with Gasteiger partial charge in [0.05, 0.1) is 0 Å². The van der Waals surface area contributed by atoms with Crippen molar-refractivity contribution in [2.75, 3.05) is 0 Å². The van der Waals surface area contributed by atoms with Gasteiger partial charge in [-0.2, -0.15) is 0 Å². The van der Waals surface area contributed by atoms with Crippen LogP contribution in [-0.2, 0) is 21.0 Å². The quantitative estimate of drug-likeness (QED) is 0.589. The number of imide groups is 1. The third-order valence-corrected chi connectivity index (χ3v) is 2.76. The van der Waals surface area contributed by atoms with Crippen molar-refractivity contribution in [2.45, 2.75) is 32.7 Å². The van der Waals surface area contributed by atoms with E-state index in [1.807, 2.05) is 17.7 Å². The lowest BCUT2D eigenvalue weighted by Crippen LogP contribution is -2.35. The van der Waals surface area contributed by atoms with Crippen LogP contribution in [0.25, 0.3) is 0 Å². The Morgan fingerprint density at radius 2 is 2.05 bits per heavy atom. The van der Waals surface area contributed by atoms with Gasteiger partial charge in [-0.15, -0.1) is 5.06 Å². The molecule has 19 heavy (non-hydrogen) atoms. The van der Waals surface area contributed by atoms with Crippen molar-refractivity contribution >= 4 is 17.8 Å². The van der Waals surface area contributed by atoms with Crippen LogP contribution in [-0.4, -0.2) is 22.8 Å². The van der Waals surface area contributed by atoms with Crippen LogP contribution >= 0.6 is 0 Å². The maximum Gasteiger partial charge on any atom is 0.369 e. The third kappa shape index (κ3) is 2.96. The Labute approximate surface area is 110 Å². The summed E-state index contributed by atoms with van der Waals surface area (Å²) >= 11 is 0. The minimum atomic E-state index is -0.700. The molecule has 0 unspecified atom stereocenters. The monoisotopic (exact) mass is 263 g/mol. The van der Waals surface area contributed by atoms with Gasteiger partial charge in [-0.25, -0.2) is 9.36 Å². The first kappa shape index (κ1) is 13.2. The zero-order chi connectivity index (χ0) is 13.8. The fourth-order valence-electron chi connectivity index (χ4n) is 1.83. The van der Waals surface area contributed by atoms with E-state index in [1.54, 1.807) is 18.3 Å². The van der Waals surface area contributed by atoms with Gasteiger partial charge >= 0.3 is 5.97 Å². The van der Waals surface area contributed by atoms with E-state index >= 15 is 0 Å². The Morgan fingerprint density at radius 3 is 2.68 bits per heavy atom. The molecule has 6 heteroatoms. The van der Waals surface area contributed by atoms with E-state index in [2.05, 4.69) is 0 Å². The average molecular weight is 263 g/mol. The van der Waals surface area contributed by atoms with Crippen LogP contribution in [0.1, 0.15) is 36.5 Å². The lowest BCUT2D eigenvalue weighted by Gasteiger charge is -2.11. The number of hydroxylamine groups is 2. The zero-order valence-corrected chi connectivity index (χ0v) is 10.7. The zero-order valence-electron chi connectivity index (χ0n) is 10.7. The predicted octanol–water partition coefficient (Wildman–Crippen LogP) is 0.605. The number of carbonyl (C=O) groups is 3. The Kier molecular flexibility index (Phi) is 3.89. The van der Waals surface area contributed by atoms with E-state index in [1.165, 1.54) is 0 Å². The molecule has 1 saturated heterocycles. The first-order valence-electron chi connectivity index (χ1n) is 6.19. The Balaban J connectivity index is 2.09. The summed E-state index contributed by atoms with van der Waals surface area (Å²) < 4.78 is 1.85. The van der Waals surface area contributed by atoms with Crippen molar-refractivity contribution in [3.63, 3.8) is 0 Å². The first-order valence-corrected chi connectivity index (χ1v) is 6.19. The molecule has 100 valence electrons. The van der Waals surface area contributed by atoms with Crippen molar-refractivity contribution in [3.8, 4) is 0 Å². The number of rotatable bonds is 4. The fraction of sp³-hybridized carbons (Fsp3) is 0.385. The van der Waals surface area contributed by atoms with Crippen molar-refractivity contribution in [2.24, 2.45) is 0 Å². The summed E-state index contributed by atoms with van der Waals surface area (Å²) in [6.07, 6.45) is 4.60. The number of aromatic nitrogens is 1. The molecule has 6 nitrogen and oxygen atoms in total. The van der Waals surface area contributed by atoms with E-state index in [0.29, 0.717) is 10.6 Å². The summed E-state index contributed by atoms with van der Waals surface area (Å²) in [6.45, 7) is 2.81. The molecule has 1 aromatic heterocycles. The molecule has 0 aliphatic carbocycles. The highest BCUT2D eigenvalue weighted by atomic mass is 16.7. The van der Waals surface area contributed by atoms with Crippen molar-refractivity contribution < 1.29 is 23.8 Å². The number of amides is 2. The van der Waals surface area contributed by atoms with Crippen LogP contribution in [0.3, 0.4) is 0 Å². The van der Waals surface area contributed by atoms with Crippen LogP contribution in [0.15, 0.2) is 24.5 Å². The number of pyridine rings is 1. The topological polar surface area (TPSA) is 67.6 Å². The molecule has 1 aliphatic heterocycles. The van der Waals surface area contributed by atoms with Crippen LogP contribution in [0.4, 0.5) is 0 Å². The van der Waals surface area contributed by atoms with Crippen LogP contribution in [0.5, 0.6) is 0 Å². The summed E-state index contributed by atoms with van der Waals surface area (Å²) in [4.78, 5) is 39.4. The highest BCUT2D eigenvalue weighted by molar-refractivity contribution is 6.02. The molecule has 1 fully saturated rings. The summed E-state index contributed by atoms with van der Waals surface area (Å²) in [5.74, 6) is -1.65. The minimum Gasteiger partial charge on any atom is -0.325 e. The van der Waals surface area contributed by atoms with Gasteiger partial charge in [0.15, 0.2) is 12.4 Å². The smallest absolute Gasteiger partial charge is 0.325 e. The molecule has 0 aromatic carbocycles. The summed E-state index contributed by atoms with van der Waals surface area (Å²) in [5, 5.41) is 0.555. The molecular weight excluding hydrogens is 248 g/mol. The molecular formula is C13H15N2O4+. The molecule has 0 radical (unpaired) electrons. The average Bonchev–Trinajstić information content (AvgIpc) is 2.71. The molecule has 1 aliphatic rings. The second-order valence-electron chi connectivity index (χ2n) is 4.29. The maximum atomic E-state index is 11.9. The third-order valence-electron chi connectivity index (χ3n) is 2.76. The van der Waals surface area contributed by atoms with Gasteiger partial charge in [0.25, 0.3) is 11.8 Å². The van der Waals surface area contributed by atoms with Crippen molar-refractivity contribution in [1.29, 1.82) is 0 Å². The molecule has 1 aromatic rings. The standard InChI is InChI=1S/C13H15N2O4/c1-2-7-14-8-3-4-10(9-14)13(18)19-15-11(16)5-6-12(15)17/h3-4,8-9H,2,5-7H2,1H3/q+1. The lowest BCUT2D eigenvalue weighted by molar-refractivity contribution is -0.697. The van der Waals surface area contributed by atoms with Gasteiger partial charge in [0.2, 0.25) is 0 Å². The Hall–Kier alpha value is -2.24. The van der Waals surface area contributed by atoms with Gasteiger partial charge < -0.3 is 4.84 Å². The molecule has 0 atom stereocenters. The summed E-state index contributed by atoms with van der Waals surface area (Å²) in [6, 6.07) is 3.30. The Bertz CT molecular complexity index is 511. The van der Waals surface area contributed by atoms with Gasteiger partial charge in [-0.05, 0) is 6.07 Å². The van der Waals surface area contributed by atoms with E-state index in [0.717, 1.165) is 13.0 Å². The Morgan fingerprint density at radius 1 is 1.37 bits per heavy atom. The molecule has 0 N–H and O–H groups in total. The predicted molar refractivity (Wildman–Crippen MR) is 63.4 cm³/mol. The summed E-state index contributed by atoms with van der Waals surface area (Å²) in [5.41, 5.74) is 0.309. The SMILES string of the molecule is CCC[n+]1cccc(C(=O)ON2C(=O)CCC2=O)c1. The first-order chi connectivity index (χ1) is 9.11. The highest BCUT2D eigenvalue weighted by Gasteiger charge is 2.33. The largest absolute Gasteiger partial charge is 0.369 e. The maximum absolute atomic E-state index is 11.9.